The van der Waals surface area contributed by atoms with E-state index in [1.165, 1.54) is 5.56 Å². The lowest BCUT2D eigenvalue weighted by Crippen LogP contribution is -2.41. The van der Waals surface area contributed by atoms with Crippen LogP contribution in [0.15, 0.2) is 48.8 Å². The number of aryl methyl sites for hydroxylation is 1. The highest BCUT2D eigenvalue weighted by molar-refractivity contribution is 5.78. The highest BCUT2D eigenvalue weighted by Crippen LogP contribution is 2.18. The van der Waals surface area contributed by atoms with Crippen molar-refractivity contribution in [1.29, 1.82) is 0 Å². The van der Waals surface area contributed by atoms with Gasteiger partial charge in [0.25, 0.3) is 0 Å². The molecule has 2 aromatic rings. The van der Waals surface area contributed by atoms with Crippen LogP contribution >= 0.6 is 0 Å². The van der Waals surface area contributed by atoms with Gasteiger partial charge in [0.2, 0.25) is 5.91 Å². The summed E-state index contributed by atoms with van der Waals surface area (Å²) in [4.78, 5) is 14.9. The molecule has 146 valence electrons. The molecule has 1 aliphatic rings. The van der Waals surface area contributed by atoms with E-state index in [-0.39, 0.29) is 11.8 Å². The van der Waals surface area contributed by atoms with Gasteiger partial charge in [-0.05, 0) is 75.1 Å². The maximum absolute atomic E-state index is 12.4. The molecular weight excluding hydrogens is 338 g/mol. The number of amides is 1. The Labute approximate surface area is 162 Å². The summed E-state index contributed by atoms with van der Waals surface area (Å²) in [7, 11) is 1.67. The summed E-state index contributed by atoms with van der Waals surface area (Å²) in [6.07, 6.45) is 8.18. The number of benzene rings is 1. The number of nitrogens with one attached hydrogen (secondary N) is 1. The van der Waals surface area contributed by atoms with E-state index in [0.29, 0.717) is 6.54 Å². The second-order valence-corrected chi connectivity index (χ2v) is 7.28. The lowest BCUT2D eigenvalue weighted by molar-refractivity contribution is -0.126. The second-order valence-electron chi connectivity index (χ2n) is 7.28. The predicted octanol–water partition coefficient (Wildman–Crippen LogP) is 2.96. The van der Waals surface area contributed by atoms with E-state index >= 15 is 0 Å². The Morgan fingerprint density at radius 3 is 2.48 bits per heavy atom. The molecule has 1 saturated heterocycles. The van der Waals surface area contributed by atoms with Crippen LogP contribution < -0.4 is 10.1 Å². The smallest absolute Gasteiger partial charge is 0.223 e. The highest BCUT2D eigenvalue weighted by atomic mass is 16.5. The van der Waals surface area contributed by atoms with Crippen molar-refractivity contribution in [3.63, 3.8) is 0 Å². The standard InChI is InChI=1S/C22H31N3O2/c1-27-21-7-5-19(6-8-21)9-12-23-22(26)20-10-17-25(18-11-20)16-4-15-24-13-2-3-14-24/h2-3,5-8,13-14,20H,4,9-12,15-18H2,1H3,(H,23,26). The SMILES string of the molecule is COc1ccc(CCNC(=O)C2CCN(CCCn3cccc3)CC2)cc1. The first-order valence-electron chi connectivity index (χ1n) is 9.98. The van der Waals surface area contributed by atoms with Crippen molar-refractivity contribution in [3.8, 4) is 5.75 Å². The van der Waals surface area contributed by atoms with Crippen molar-refractivity contribution in [1.82, 2.24) is 14.8 Å². The molecule has 1 amide bonds. The summed E-state index contributed by atoms with van der Waals surface area (Å²) in [6, 6.07) is 12.2. The molecule has 27 heavy (non-hydrogen) atoms. The summed E-state index contributed by atoms with van der Waals surface area (Å²) in [5.74, 6) is 1.25. The van der Waals surface area contributed by atoms with Gasteiger partial charge in [-0.2, -0.15) is 0 Å². The third kappa shape index (κ3) is 6.14. The van der Waals surface area contributed by atoms with E-state index < -0.39 is 0 Å². The van der Waals surface area contributed by atoms with Crippen LogP contribution in [0.4, 0.5) is 0 Å². The van der Waals surface area contributed by atoms with Gasteiger partial charge >= 0.3 is 0 Å². The molecule has 1 aliphatic heterocycles. The maximum Gasteiger partial charge on any atom is 0.223 e. The van der Waals surface area contributed by atoms with Gasteiger partial charge in [-0.15, -0.1) is 0 Å². The maximum atomic E-state index is 12.4. The lowest BCUT2D eigenvalue weighted by Gasteiger charge is -2.31. The number of aromatic nitrogens is 1. The van der Waals surface area contributed by atoms with Crippen LogP contribution in [0.3, 0.4) is 0 Å². The molecule has 3 rings (SSSR count). The molecule has 0 radical (unpaired) electrons. The number of ether oxygens (including phenoxy) is 1. The molecule has 1 aromatic heterocycles. The minimum absolute atomic E-state index is 0.168. The van der Waals surface area contributed by atoms with Crippen LogP contribution in [0.5, 0.6) is 5.75 Å². The van der Waals surface area contributed by atoms with Crippen molar-refractivity contribution in [3.05, 3.63) is 54.4 Å². The Morgan fingerprint density at radius 2 is 1.81 bits per heavy atom. The summed E-state index contributed by atoms with van der Waals surface area (Å²) in [6.45, 7) is 4.94. The van der Waals surface area contributed by atoms with E-state index in [4.69, 9.17) is 4.74 Å². The summed E-state index contributed by atoms with van der Waals surface area (Å²) in [5, 5.41) is 3.11. The van der Waals surface area contributed by atoms with Crippen molar-refractivity contribution in [2.75, 3.05) is 33.3 Å². The number of carbonyl (C=O) groups is 1. The van der Waals surface area contributed by atoms with Crippen molar-refractivity contribution >= 4 is 5.91 Å². The normalized spacial score (nSPS) is 15.6. The first kappa shape index (κ1) is 19.5. The first-order valence-corrected chi connectivity index (χ1v) is 9.98. The zero-order valence-corrected chi connectivity index (χ0v) is 16.3. The van der Waals surface area contributed by atoms with E-state index in [9.17, 15) is 4.79 Å². The molecular formula is C22H31N3O2. The molecule has 5 nitrogen and oxygen atoms in total. The van der Waals surface area contributed by atoms with E-state index in [2.05, 4.69) is 51.4 Å². The largest absolute Gasteiger partial charge is 0.497 e. The minimum atomic E-state index is 0.168. The lowest BCUT2D eigenvalue weighted by atomic mass is 9.95. The molecule has 0 atom stereocenters. The summed E-state index contributed by atoms with van der Waals surface area (Å²) < 4.78 is 7.39. The van der Waals surface area contributed by atoms with Crippen LogP contribution in [-0.4, -0.2) is 48.7 Å². The number of rotatable bonds is 9. The number of carbonyl (C=O) groups excluding carboxylic acids is 1. The van der Waals surface area contributed by atoms with Gasteiger partial charge in [0.15, 0.2) is 0 Å². The number of piperidine rings is 1. The molecule has 0 bridgehead atoms. The fraction of sp³-hybridized carbons (Fsp3) is 0.500. The van der Waals surface area contributed by atoms with Crippen molar-refractivity contribution < 1.29 is 9.53 Å². The van der Waals surface area contributed by atoms with Gasteiger partial charge in [-0.3, -0.25) is 4.79 Å². The number of hydrogen-bond acceptors (Lipinski definition) is 3. The number of nitrogens with zero attached hydrogens (tertiary/aromatic N) is 2. The van der Waals surface area contributed by atoms with Crippen LogP contribution in [0.2, 0.25) is 0 Å². The fourth-order valence-corrected chi connectivity index (χ4v) is 3.68. The minimum Gasteiger partial charge on any atom is -0.497 e. The fourth-order valence-electron chi connectivity index (χ4n) is 3.68. The molecule has 1 N–H and O–H groups in total. The monoisotopic (exact) mass is 369 g/mol. The Bertz CT molecular complexity index is 674. The molecule has 5 heteroatoms. The Kier molecular flexibility index (Phi) is 7.34. The van der Waals surface area contributed by atoms with Gasteiger partial charge in [-0.1, -0.05) is 12.1 Å². The van der Waals surface area contributed by atoms with Crippen LogP contribution in [0, 0.1) is 5.92 Å². The zero-order valence-electron chi connectivity index (χ0n) is 16.3. The molecule has 0 spiro atoms. The molecule has 0 aliphatic carbocycles. The Balaban J connectivity index is 1.29. The van der Waals surface area contributed by atoms with Crippen LogP contribution in [0.25, 0.3) is 0 Å². The second kappa shape index (κ2) is 10.2. The van der Waals surface area contributed by atoms with Crippen molar-refractivity contribution in [2.24, 2.45) is 5.92 Å². The van der Waals surface area contributed by atoms with E-state index in [1.54, 1.807) is 7.11 Å². The predicted molar refractivity (Wildman–Crippen MR) is 108 cm³/mol. The van der Waals surface area contributed by atoms with E-state index in [1.807, 2.05) is 12.1 Å². The molecule has 0 unspecified atom stereocenters. The van der Waals surface area contributed by atoms with Gasteiger partial charge in [0, 0.05) is 31.4 Å². The molecule has 1 aromatic carbocycles. The third-order valence-corrected chi connectivity index (χ3v) is 5.39. The summed E-state index contributed by atoms with van der Waals surface area (Å²) in [5.41, 5.74) is 1.22. The Morgan fingerprint density at radius 1 is 1.11 bits per heavy atom. The van der Waals surface area contributed by atoms with Gasteiger partial charge in [-0.25, -0.2) is 0 Å². The van der Waals surface area contributed by atoms with Gasteiger partial charge in [0.05, 0.1) is 7.11 Å². The Hall–Kier alpha value is -2.27. The molecule has 2 heterocycles. The number of hydrogen-bond donors (Lipinski definition) is 1. The quantitative estimate of drug-likeness (QED) is 0.739. The average Bonchev–Trinajstić information content (AvgIpc) is 3.22. The number of methoxy groups -OCH3 is 1. The van der Waals surface area contributed by atoms with Crippen molar-refractivity contribution in [2.45, 2.75) is 32.2 Å². The topological polar surface area (TPSA) is 46.5 Å². The van der Waals surface area contributed by atoms with Gasteiger partial charge in [0.1, 0.15) is 5.75 Å². The molecule has 1 fully saturated rings. The van der Waals surface area contributed by atoms with E-state index in [0.717, 1.165) is 57.6 Å². The third-order valence-electron chi connectivity index (χ3n) is 5.39. The zero-order chi connectivity index (χ0) is 18.9. The number of likely N-dealkylation sites (tertiary alicyclic amines) is 1. The first-order chi connectivity index (χ1) is 13.2. The summed E-state index contributed by atoms with van der Waals surface area (Å²) >= 11 is 0. The molecule has 0 saturated carbocycles. The highest BCUT2D eigenvalue weighted by Gasteiger charge is 2.24. The van der Waals surface area contributed by atoms with Crippen LogP contribution in [0.1, 0.15) is 24.8 Å². The van der Waals surface area contributed by atoms with Gasteiger partial charge < -0.3 is 19.5 Å². The average molecular weight is 370 g/mol. The van der Waals surface area contributed by atoms with Crippen LogP contribution in [-0.2, 0) is 17.8 Å².